The summed E-state index contributed by atoms with van der Waals surface area (Å²) >= 11 is 12.0. The van der Waals surface area contributed by atoms with Gasteiger partial charge in [-0.1, -0.05) is 47.5 Å². The van der Waals surface area contributed by atoms with E-state index in [2.05, 4.69) is 37.4 Å². The first-order chi connectivity index (χ1) is 23.0. The van der Waals surface area contributed by atoms with Crippen LogP contribution in [0.25, 0.3) is 0 Å². The molecule has 0 bridgehead atoms. The van der Waals surface area contributed by atoms with E-state index in [4.69, 9.17) is 28.9 Å². The van der Waals surface area contributed by atoms with Crippen LogP contribution < -0.4 is 22.2 Å². The minimum absolute atomic E-state index is 0.0496. The number of nitrogens with one attached hydrogen (secondary N) is 1. The number of hydrogen-bond acceptors (Lipinski definition) is 9. The quantitative estimate of drug-likeness (QED) is 0.312. The Kier molecular flexibility index (Phi) is 14.1. The molecule has 2 aromatic carbocycles. The molecule has 2 saturated heterocycles. The van der Waals surface area contributed by atoms with E-state index >= 15 is 0 Å². The van der Waals surface area contributed by atoms with Gasteiger partial charge in [-0.3, -0.25) is 24.2 Å². The lowest BCUT2D eigenvalue weighted by atomic mass is 10.2. The minimum atomic E-state index is -0.175. The number of hydrogen-bond donors (Lipinski definition) is 2. The highest BCUT2D eigenvalue weighted by molar-refractivity contribution is 6.30. The Morgan fingerprint density at radius 2 is 1.25 bits per heavy atom. The molecule has 4 heterocycles. The van der Waals surface area contributed by atoms with Gasteiger partial charge in [-0.15, -0.1) is 0 Å². The number of anilines is 1. The van der Waals surface area contributed by atoms with Gasteiger partial charge >= 0.3 is 0 Å². The van der Waals surface area contributed by atoms with E-state index in [-0.39, 0.29) is 23.4 Å². The Labute approximate surface area is 290 Å². The Morgan fingerprint density at radius 1 is 0.729 bits per heavy atom. The Morgan fingerprint density at radius 3 is 1.75 bits per heavy atom. The fourth-order valence-electron chi connectivity index (χ4n) is 5.24. The van der Waals surface area contributed by atoms with Crippen LogP contribution in [-0.2, 0) is 38.4 Å². The van der Waals surface area contributed by atoms with Crippen LogP contribution in [0.15, 0.2) is 82.4 Å². The van der Waals surface area contributed by atoms with Crippen molar-refractivity contribution in [2.24, 2.45) is 14.1 Å². The van der Waals surface area contributed by atoms with Crippen LogP contribution in [-0.4, -0.2) is 92.5 Å². The van der Waals surface area contributed by atoms with E-state index in [0.29, 0.717) is 24.6 Å². The first kappa shape index (κ1) is 36.8. The van der Waals surface area contributed by atoms with Crippen molar-refractivity contribution in [2.45, 2.75) is 19.5 Å². The van der Waals surface area contributed by atoms with Crippen LogP contribution in [0.3, 0.4) is 0 Å². The van der Waals surface area contributed by atoms with E-state index in [9.17, 15) is 14.4 Å². The van der Waals surface area contributed by atoms with Gasteiger partial charge in [0.1, 0.15) is 5.82 Å². The molecule has 2 aliphatic rings. The third-order valence-electron chi connectivity index (χ3n) is 7.85. The lowest BCUT2D eigenvalue weighted by Crippen LogP contribution is -2.48. The molecule has 1 amide bonds. The Hall–Kier alpha value is -4.07. The van der Waals surface area contributed by atoms with E-state index in [1.807, 2.05) is 41.3 Å². The van der Waals surface area contributed by atoms with Gasteiger partial charge in [-0.05, 0) is 47.5 Å². The van der Waals surface area contributed by atoms with E-state index in [1.54, 1.807) is 20.2 Å². The number of aromatic nitrogens is 4. The maximum Gasteiger partial charge on any atom is 0.266 e. The van der Waals surface area contributed by atoms with E-state index in [0.717, 1.165) is 62.4 Å². The fraction of sp³-hybridized carbons (Fsp3) is 0.382. The summed E-state index contributed by atoms with van der Waals surface area (Å²) in [5.74, 6) is 0.408. The maximum absolute atomic E-state index is 12.4. The zero-order valence-electron chi connectivity index (χ0n) is 27.4. The van der Waals surface area contributed by atoms with Gasteiger partial charge in [0.15, 0.2) is 0 Å². The van der Waals surface area contributed by atoms with Crippen molar-refractivity contribution < 1.29 is 4.79 Å². The molecule has 256 valence electrons. The molecule has 14 heteroatoms. The molecule has 2 aliphatic heterocycles. The highest BCUT2D eigenvalue weighted by Gasteiger charge is 2.21. The van der Waals surface area contributed by atoms with E-state index < -0.39 is 0 Å². The van der Waals surface area contributed by atoms with Crippen molar-refractivity contribution in [1.29, 1.82) is 0 Å². The molecule has 2 fully saturated rings. The molecular formula is C34H43Cl2N9O3. The standard InChI is InChI=1S/C18H21ClN4O2.C11H15ClN2.C5H7N3O/c1-21-17(24)6-5-16(20-21)12-18(25)23-9-7-22(8-10-23)13-14-3-2-4-15(19)11-14;12-11-3-1-2-10(8-11)9-14-6-4-13-5-7-14;1-8-5(9)3-2-4(6)7-8/h2-6,11H,7-10,12-13H2,1H3;1-3,8,13H,4-7,9H2;2-3H,1H3,(H2,6,7). The number of rotatable bonds is 6. The summed E-state index contributed by atoms with van der Waals surface area (Å²) in [6.45, 7) is 9.38. The SMILES string of the molecule is Clc1cccc(CN2CCNCC2)c1.Cn1nc(CC(=O)N2CCN(Cc3cccc(Cl)c3)CC2)ccc1=O.Cn1nc(N)ccc1=O. The highest BCUT2D eigenvalue weighted by Crippen LogP contribution is 2.15. The summed E-state index contributed by atoms with van der Waals surface area (Å²) in [7, 11) is 3.14. The summed E-state index contributed by atoms with van der Waals surface area (Å²) < 4.78 is 2.45. The lowest BCUT2D eigenvalue weighted by molar-refractivity contribution is -0.132. The molecule has 0 saturated carbocycles. The molecule has 0 unspecified atom stereocenters. The second kappa shape index (κ2) is 18.5. The predicted molar refractivity (Wildman–Crippen MR) is 190 cm³/mol. The van der Waals surface area contributed by atoms with Gasteiger partial charge in [0.05, 0.1) is 12.1 Å². The molecule has 4 aromatic rings. The van der Waals surface area contributed by atoms with Crippen LogP contribution in [0, 0.1) is 0 Å². The van der Waals surface area contributed by atoms with Crippen LogP contribution in [0.4, 0.5) is 5.82 Å². The second-order valence-corrected chi connectivity index (χ2v) is 12.5. The molecule has 3 N–H and O–H groups in total. The number of carbonyl (C=O) groups is 1. The van der Waals surface area contributed by atoms with Gasteiger partial charge in [-0.2, -0.15) is 10.2 Å². The number of aryl methyl sites for hydroxylation is 2. The number of nitrogens with zero attached hydrogens (tertiary/aromatic N) is 7. The maximum atomic E-state index is 12.4. The number of nitrogens with two attached hydrogens (primary N) is 1. The predicted octanol–water partition coefficient (Wildman–Crippen LogP) is 2.43. The molecule has 2 aromatic heterocycles. The van der Waals surface area contributed by atoms with Gasteiger partial charge < -0.3 is 16.0 Å². The van der Waals surface area contributed by atoms with Crippen molar-refractivity contribution in [1.82, 2.24) is 39.6 Å². The molecule has 0 atom stereocenters. The Bertz CT molecular complexity index is 1750. The average molecular weight is 697 g/mol. The summed E-state index contributed by atoms with van der Waals surface area (Å²) in [4.78, 5) is 41.0. The van der Waals surface area contributed by atoms with E-state index in [1.165, 1.54) is 38.7 Å². The van der Waals surface area contributed by atoms with Crippen molar-refractivity contribution in [2.75, 3.05) is 58.1 Å². The molecule has 12 nitrogen and oxygen atoms in total. The monoisotopic (exact) mass is 695 g/mol. The highest BCUT2D eigenvalue weighted by atomic mass is 35.5. The summed E-state index contributed by atoms with van der Waals surface area (Å²) in [6.07, 6.45) is 0.225. The second-order valence-electron chi connectivity index (χ2n) is 11.6. The largest absolute Gasteiger partial charge is 0.382 e. The van der Waals surface area contributed by atoms with Crippen molar-refractivity contribution in [3.05, 3.63) is 120 Å². The number of carbonyl (C=O) groups excluding carboxylic acids is 1. The third-order valence-corrected chi connectivity index (χ3v) is 8.32. The summed E-state index contributed by atoms with van der Waals surface area (Å²) in [5, 5.41) is 12.7. The van der Waals surface area contributed by atoms with Crippen molar-refractivity contribution >= 4 is 34.9 Å². The van der Waals surface area contributed by atoms with Gasteiger partial charge in [0, 0.05) is 102 Å². The van der Waals surface area contributed by atoms with Crippen LogP contribution >= 0.6 is 23.2 Å². The van der Waals surface area contributed by atoms with Crippen LogP contribution in [0.1, 0.15) is 16.8 Å². The smallest absolute Gasteiger partial charge is 0.266 e. The zero-order valence-corrected chi connectivity index (χ0v) is 28.9. The summed E-state index contributed by atoms with van der Waals surface area (Å²) in [6, 6.07) is 21.9. The van der Waals surface area contributed by atoms with Crippen LogP contribution in [0.2, 0.25) is 10.0 Å². The Balaban J connectivity index is 0.000000188. The normalized spacial score (nSPS) is 15.1. The van der Waals surface area contributed by atoms with Crippen molar-refractivity contribution in [3.63, 3.8) is 0 Å². The number of halogens is 2. The van der Waals surface area contributed by atoms with Crippen LogP contribution in [0.5, 0.6) is 0 Å². The average Bonchev–Trinajstić information content (AvgIpc) is 3.06. The number of amides is 1. The van der Waals surface area contributed by atoms with Gasteiger partial charge in [0.2, 0.25) is 5.91 Å². The molecule has 0 spiro atoms. The first-order valence-electron chi connectivity index (χ1n) is 15.8. The summed E-state index contributed by atoms with van der Waals surface area (Å²) in [5.41, 5.74) is 8.04. The van der Waals surface area contributed by atoms with Gasteiger partial charge in [0.25, 0.3) is 11.1 Å². The molecule has 48 heavy (non-hydrogen) atoms. The fourth-order valence-corrected chi connectivity index (χ4v) is 5.67. The zero-order chi connectivity index (χ0) is 34.5. The molecular weight excluding hydrogens is 653 g/mol. The minimum Gasteiger partial charge on any atom is -0.382 e. The van der Waals surface area contributed by atoms with Crippen molar-refractivity contribution in [3.8, 4) is 0 Å². The number of piperazine rings is 2. The number of nitrogen functional groups attached to an aromatic ring is 1. The molecule has 6 rings (SSSR count). The van der Waals surface area contributed by atoms with Gasteiger partial charge in [-0.25, -0.2) is 9.36 Å². The lowest BCUT2D eigenvalue weighted by Gasteiger charge is -2.34. The third kappa shape index (κ3) is 12.2. The molecule has 0 radical (unpaired) electrons. The first-order valence-corrected chi connectivity index (χ1v) is 16.6. The topological polar surface area (TPSA) is 135 Å². The number of benzene rings is 2. The molecule has 0 aliphatic carbocycles.